The molecule has 14 heavy (non-hydrogen) atoms. The molecule has 1 N–H and O–H groups in total. The van der Waals surface area contributed by atoms with Gasteiger partial charge in [-0.2, -0.15) is 0 Å². The highest BCUT2D eigenvalue weighted by atomic mass is 35.5. The third-order valence-corrected chi connectivity index (χ3v) is 3.09. The van der Waals surface area contributed by atoms with Gasteiger partial charge in [0.1, 0.15) is 6.61 Å². The zero-order chi connectivity index (χ0) is 10.6. The molecule has 78 valence electrons. The quantitative estimate of drug-likeness (QED) is 0.866. The number of methoxy groups -OCH3 is 1. The lowest BCUT2D eigenvalue weighted by atomic mass is 10.3. The number of thiophene rings is 1. The number of nitrogens with one attached hydrogen (secondary N) is 1. The lowest BCUT2D eigenvalue weighted by Crippen LogP contribution is -2.29. The molecule has 0 aliphatic rings. The Morgan fingerprint density at radius 3 is 2.93 bits per heavy atom. The lowest BCUT2D eigenvalue weighted by molar-refractivity contribution is -0.125. The van der Waals surface area contributed by atoms with Crippen molar-refractivity contribution in [2.24, 2.45) is 0 Å². The molecule has 1 atom stereocenters. The van der Waals surface area contributed by atoms with Gasteiger partial charge in [0.2, 0.25) is 5.91 Å². The second-order valence-electron chi connectivity index (χ2n) is 2.86. The van der Waals surface area contributed by atoms with Crippen molar-refractivity contribution in [2.45, 2.75) is 13.0 Å². The Hall–Kier alpha value is -0.580. The Bertz CT molecular complexity index is 314. The highest BCUT2D eigenvalue weighted by Crippen LogP contribution is 2.26. The number of carbonyl (C=O) groups excluding carboxylic acids is 1. The van der Waals surface area contributed by atoms with E-state index in [0.717, 1.165) is 9.21 Å². The van der Waals surface area contributed by atoms with E-state index in [2.05, 4.69) is 5.32 Å². The fraction of sp³-hybridized carbons (Fsp3) is 0.444. The number of amides is 1. The molecule has 0 aromatic carbocycles. The minimum absolute atomic E-state index is 0.0184. The molecular formula is C9H12ClNO2S. The first-order chi connectivity index (χ1) is 6.63. The molecule has 0 radical (unpaired) electrons. The monoisotopic (exact) mass is 233 g/mol. The van der Waals surface area contributed by atoms with Crippen LogP contribution in [0.1, 0.15) is 17.8 Å². The third kappa shape index (κ3) is 3.29. The lowest BCUT2D eigenvalue weighted by Gasteiger charge is -2.11. The number of ether oxygens (including phenoxy) is 1. The van der Waals surface area contributed by atoms with E-state index >= 15 is 0 Å². The van der Waals surface area contributed by atoms with E-state index in [1.54, 1.807) is 0 Å². The van der Waals surface area contributed by atoms with E-state index in [1.165, 1.54) is 18.4 Å². The van der Waals surface area contributed by atoms with Crippen molar-refractivity contribution in [3.05, 3.63) is 21.3 Å². The molecule has 5 heteroatoms. The predicted octanol–water partition coefficient (Wildman–Crippen LogP) is 2.23. The maximum Gasteiger partial charge on any atom is 0.246 e. The molecule has 0 aliphatic carbocycles. The number of hydrogen-bond acceptors (Lipinski definition) is 3. The fourth-order valence-electron chi connectivity index (χ4n) is 1.05. The van der Waals surface area contributed by atoms with E-state index in [0.29, 0.717) is 0 Å². The highest BCUT2D eigenvalue weighted by molar-refractivity contribution is 7.16. The minimum Gasteiger partial charge on any atom is -0.375 e. The zero-order valence-corrected chi connectivity index (χ0v) is 9.61. The Balaban J connectivity index is 2.50. The SMILES string of the molecule is COCC(=O)NC(C)c1ccc(Cl)s1. The van der Waals surface area contributed by atoms with Crippen molar-refractivity contribution in [1.29, 1.82) is 0 Å². The van der Waals surface area contributed by atoms with Crippen LogP contribution in [0.4, 0.5) is 0 Å². The second kappa shape index (κ2) is 5.34. The van der Waals surface area contributed by atoms with E-state index < -0.39 is 0 Å². The molecule has 1 aromatic heterocycles. The third-order valence-electron chi connectivity index (χ3n) is 1.67. The van der Waals surface area contributed by atoms with Crippen LogP contribution in [0, 0.1) is 0 Å². The molecule has 0 saturated carbocycles. The van der Waals surface area contributed by atoms with Crippen LogP contribution in [0.2, 0.25) is 4.34 Å². The summed E-state index contributed by atoms with van der Waals surface area (Å²) in [5, 5.41) is 2.80. The Morgan fingerprint density at radius 1 is 1.71 bits per heavy atom. The van der Waals surface area contributed by atoms with Gasteiger partial charge in [-0.05, 0) is 19.1 Å². The Morgan fingerprint density at radius 2 is 2.43 bits per heavy atom. The number of halogens is 1. The van der Waals surface area contributed by atoms with Gasteiger partial charge < -0.3 is 10.1 Å². The molecule has 1 unspecified atom stereocenters. The first-order valence-corrected chi connectivity index (χ1v) is 5.36. The molecule has 0 aliphatic heterocycles. The van der Waals surface area contributed by atoms with Crippen LogP contribution in [0.3, 0.4) is 0 Å². The van der Waals surface area contributed by atoms with Crippen LogP contribution in [0.5, 0.6) is 0 Å². The van der Waals surface area contributed by atoms with Gasteiger partial charge in [-0.15, -0.1) is 11.3 Å². The summed E-state index contributed by atoms with van der Waals surface area (Å²) in [4.78, 5) is 12.2. The summed E-state index contributed by atoms with van der Waals surface area (Å²) in [5.74, 6) is -0.121. The average molecular weight is 234 g/mol. The van der Waals surface area contributed by atoms with E-state index in [9.17, 15) is 4.79 Å². The van der Waals surface area contributed by atoms with Crippen molar-refractivity contribution < 1.29 is 9.53 Å². The normalized spacial score (nSPS) is 12.5. The molecule has 0 saturated heterocycles. The van der Waals surface area contributed by atoms with E-state index in [4.69, 9.17) is 16.3 Å². The van der Waals surface area contributed by atoms with Gasteiger partial charge in [0.15, 0.2) is 0 Å². The van der Waals surface area contributed by atoms with Crippen molar-refractivity contribution in [3.8, 4) is 0 Å². The van der Waals surface area contributed by atoms with Crippen LogP contribution in [0.25, 0.3) is 0 Å². The average Bonchev–Trinajstić information content (AvgIpc) is 2.52. The van der Waals surface area contributed by atoms with Crippen molar-refractivity contribution >= 4 is 28.8 Å². The fourth-order valence-corrected chi connectivity index (χ4v) is 2.11. The van der Waals surface area contributed by atoms with Gasteiger partial charge in [-0.25, -0.2) is 0 Å². The molecule has 1 aromatic rings. The maximum atomic E-state index is 11.2. The molecule has 0 bridgehead atoms. The molecule has 3 nitrogen and oxygen atoms in total. The van der Waals surface area contributed by atoms with Crippen molar-refractivity contribution in [2.75, 3.05) is 13.7 Å². The van der Waals surface area contributed by atoms with Gasteiger partial charge in [0, 0.05) is 12.0 Å². The summed E-state index contributed by atoms with van der Waals surface area (Å²) < 4.78 is 5.44. The predicted molar refractivity (Wildman–Crippen MR) is 57.8 cm³/mol. The maximum absolute atomic E-state index is 11.2. The van der Waals surface area contributed by atoms with E-state index in [-0.39, 0.29) is 18.6 Å². The molecule has 1 rings (SSSR count). The summed E-state index contributed by atoms with van der Waals surface area (Å²) in [6.07, 6.45) is 0. The summed E-state index contributed by atoms with van der Waals surface area (Å²) in [5.41, 5.74) is 0. The minimum atomic E-state index is -0.121. The summed E-state index contributed by atoms with van der Waals surface area (Å²) in [6, 6.07) is 3.71. The molecular weight excluding hydrogens is 222 g/mol. The van der Waals surface area contributed by atoms with Crippen LogP contribution < -0.4 is 5.32 Å². The van der Waals surface area contributed by atoms with Gasteiger partial charge in [-0.3, -0.25) is 4.79 Å². The summed E-state index contributed by atoms with van der Waals surface area (Å²) in [7, 11) is 1.49. The van der Waals surface area contributed by atoms with Crippen LogP contribution in [0.15, 0.2) is 12.1 Å². The smallest absolute Gasteiger partial charge is 0.246 e. The Labute approximate surface area is 92.0 Å². The van der Waals surface area contributed by atoms with Gasteiger partial charge in [0.05, 0.1) is 10.4 Å². The van der Waals surface area contributed by atoms with Crippen LogP contribution in [-0.2, 0) is 9.53 Å². The summed E-state index contributed by atoms with van der Waals surface area (Å²) in [6.45, 7) is 2.00. The standard InChI is InChI=1S/C9H12ClNO2S/c1-6(11-9(12)5-13-2)7-3-4-8(10)14-7/h3-4,6H,5H2,1-2H3,(H,11,12). The van der Waals surface area contributed by atoms with Gasteiger partial charge >= 0.3 is 0 Å². The van der Waals surface area contributed by atoms with Crippen molar-refractivity contribution in [1.82, 2.24) is 5.32 Å². The first-order valence-electron chi connectivity index (χ1n) is 4.17. The Kier molecular flexibility index (Phi) is 4.38. The molecule has 0 fully saturated rings. The largest absolute Gasteiger partial charge is 0.375 e. The number of hydrogen-bond donors (Lipinski definition) is 1. The second-order valence-corrected chi connectivity index (χ2v) is 4.61. The van der Waals surface area contributed by atoms with Gasteiger partial charge in [0.25, 0.3) is 0 Å². The summed E-state index contributed by atoms with van der Waals surface area (Å²) >= 11 is 7.25. The first kappa shape index (κ1) is 11.5. The van der Waals surface area contributed by atoms with Crippen molar-refractivity contribution in [3.63, 3.8) is 0 Å². The zero-order valence-electron chi connectivity index (χ0n) is 8.04. The molecule has 1 heterocycles. The van der Waals surface area contributed by atoms with Gasteiger partial charge in [-0.1, -0.05) is 11.6 Å². The topological polar surface area (TPSA) is 38.3 Å². The highest BCUT2D eigenvalue weighted by Gasteiger charge is 2.10. The van der Waals surface area contributed by atoms with Crippen LogP contribution >= 0.6 is 22.9 Å². The molecule has 1 amide bonds. The molecule has 0 spiro atoms. The van der Waals surface area contributed by atoms with E-state index in [1.807, 2.05) is 19.1 Å². The number of carbonyl (C=O) groups is 1. The van der Waals surface area contributed by atoms with Crippen LogP contribution in [-0.4, -0.2) is 19.6 Å². The number of rotatable bonds is 4.